The third kappa shape index (κ3) is 3.74. The molecule has 0 unspecified atom stereocenters. The summed E-state index contributed by atoms with van der Waals surface area (Å²) in [7, 11) is 1.40. The fourth-order valence-electron chi connectivity index (χ4n) is 1.59. The second-order valence-corrected chi connectivity index (χ2v) is 4.74. The van der Waals surface area contributed by atoms with Crippen molar-refractivity contribution in [2.45, 2.75) is 6.61 Å². The molecule has 21 heavy (non-hydrogen) atoms. The van der Waals surface area contributed by atoms with Gasteiger partial charge in [0.1, 0.15) is 11.8 Å². The van der Waals surface area contributed by atoms with E-state index in [0.717, 1.165) is 0 Å². The van der Waals surface area contributed by atoms with Gasteiger partial charge in [-0.3, -0.25) is 10.1 Å². The van der Waals surface area contributed by atoms with Crippen molar-refractivity contribution in [1.82, 2.24) is 4.98 Å². The third-order valence-corrected chi connectivity index (χ3v) is 3.16. The van der Waals surface area contributed by atoms with Gasteiger partial charge in [-0.2, -0.15) is 0 Å². The number of nitro groups is 1. The molecule has 0 atom stereocenters. The van der Waals surface area contributed by atoms with Crippen LogP contribution in [0.4, 0.5) is 5.69 Å². The van der Waals surface area contributed by atoms with Crippen LogP contribution in [0.15, 0.2) is 30.3 Å². The Kier molecular flexibility index (Phi) is 4.82. The van der Waals surface area contributed by atoms with Crippen LogP contribution in [0.3, 0.4) is 0 Å². The highest BCUT2D eigenvalue weighted by Gasteiger charge is 2.13. The fraction of sp³-hybridized carbons (Fsp3) is 0.154. The maximum atomic E-state index is 10.7. The fourth-order valence-corrected chi connectivity index (χ4v) is 1.92. The SMILES string of the molecule is COc1cc([N+](=O)[O-])ccc1OCc1nc(Cl)ccc1Cl. The van der Waals surface area contributed by atoms with E-state index in [1.54, 1.807) is 12.1 Å². The number of methoxy groups -OCH3 is 1. The van der Waals surface area contributed by atoms with Crippen LogP contribution >= 0.6 is 23.2 Å². The summed E-state index contributed by atoms with van der Waals surface area (Å²) in [6.07, 6.45) is 0. The van der Waals surface area contributed by atoms with Crippen LogP contribution in [0.1, 0.15) is 5.69 Å². The Morgan fingerprint density at radius 1 is 1.24 bits per heavy atom. The van der Waals surface area contributed by atoms with Crippen molar-refractivity contribution in [3.05, 3.63) is 56.3 Å². The zero-order valence-corrected chi connectivity index (χ0v) is 12.4. The maximum absolute atomic E-state index is 10.7. The molecule has 0 amide bonds. The van der Waals surface area contributed by atoms with E-state index in [1.165, 1.54) is 25.3 Å². The Hall–Kier alpha value is -2.05. The Labute approximate surface area is 130 Å². The summed E-state index contributed by atoms with van der Waals surface area (Å²) >= 11 is 11.8. The minimum atomic E-state index is -0.512. The maximum Gasteiger partial charge on any atom is 0.273 e. The average molecular weight is 329 g/mol. The predicted molar refractivity (Wildman–Crippen MR) is 78.2 cm³/mol. The number of halogens is 2. The molecule has 1 aromatic heterocycles. The van der Waals surface area contributed by atoms with Crippen LogP contribution in [-0.2, 0) is 6.61 Å². The summed E-state index contributed by atoms with van der Waals surface area (Å²) in [6.45, 7) is 0.0631. The Balaban J connectivity index is 2.19. The molecule has 0 bridgehead atoms. The monoisotopic (exact) mass is 328 g/mol. The second kappa shape index (κ2) is 6.60. The van der Waals surface area contributed by atoms with E-state index in [2.05, 4.69) is 4.98 Å². The molecule has 0 N–H and O–H groups in total. The van der Waals surface area contributed by atoms with Gasteiger partial charge in [0.05, 0.1) is 28.8 Å². The van der Waals surface area contributed by atoms with E-state index in [4.69, 9.17) is 32.7 Å². The third-order valence-electron chi connectivity index (χ3n) is 2.61. The molecule has 0 spiro atoms. The summed E-state index contributed by atoms with van der Waals surface area (Å²) in [5.74, 6) is 0.600. The van der Waals surface area contributed by atoms with Crippen molar-refractivity contribution in [2.24, 2.45) is 0 Å². The Morgan fingerprint density at radius 3 is 2.67 bits per heavy atom. The van der Waals surface area contributed by atoms with E-state index in [0.29, 0.717) is 21.6 Å². The topological polar surface area (TPSA) is 74.5 Å². The highest BCUT2D eigenvalue weighted by Crippen LogP contribution is 2.32. The minimum absolute atomic E-state index is 0.0631. The second-order valence-electron chi connectivity index (χ2n) is 3.94. The van der Waals surface area contributed by atoms with Crippen LogP contribution in [0, 0.1) is 10.1 Å². The molecule has 1 heterocycles. The molecule has 0 saturated heterocycles. The standard InChI is InChI=1S/C13H10Cl2N2O4/c1-20-12-6-8(17(18)19)2-4-11(12)21-7-10-9(14)3-5-13(15)16-10/h2-6H,7H2,1H3. The zero-order chi connectivity index (χ0) is 15.4. The number of ether oxygens (including phenoxy) is 2. The molecule has 8 heteroatoms. The van der Waals surface area contributed by atoms with Crippen molar-refractivity contribution in [1.29, 1.82) is 0 Å². The number of aromatic nitrogens is 1. The molecule has 2 aromatic rings. The van der Waals surface area contributed by atoms with Gasteiger partial charge in [0.15, 0.2) is 11.5 Å². The molecule has 6 nitrogen and oxygen atoms in total. The predicted octanol–water partition coefficient (Wildman–Crippen LogP) is 3.88. The number of benzene rings is 1. The number of hydrogen-bond acceptors (Lipinski definition) is 5. The lowest BCUT2D eigenvalue weighted by Crippen LogP contribution is -2.01. The normalized spacial score (nSPS) is 10.2. The number of rotatable bonds is 5. The number of pyridine rings is 1. The van der Waals surface area contributed by atoms with Crippen LogP contribution in [0.2, 0.25) is 10.2 Å². The summed E-state index contributed by atoms with van der Waals surface area (Å²) in [6, 6.07) is 7.24. The molecular formula is C13H10Cl2N2O4. The molecule has 0 aliphatic carbocycles. The Morgan fingerprint density at radius 2 is 2.00 bits per heavy atom. The van der Waals surface area contributed by atoms with E-state index >= 15 is 0 Å². The van der Waals surface area contributed by atoms with Crippen molar-refractivity contribution in [3.63, 3.8) is 0 Å². The molecule has 0 saturated carbocycles. The molecule has 110 valence electrons. The van der Waals surface area contributed by atoms with Gasteiger partial charge in [-0.25, -0.2) is 4.98 Å². The van der Waals surface area contributed by atoms with Gasteiger partial charge in [-0.15, -0.1) is 0 Å². The first kappa shape index (κ1) is 15.3. The summed E-state index contributed by atoms with van der Waals surface area (Å²) in [5.41, 5.74) is 0.377. The van der Waals surface area contributed by atoms with Gasteiger partial charge in [0.25, 0.3) is 5.69 Å². The van der Waals surface area contributed by atoms with Crippen LogP contribution in [0.25, 0.3) is 0 Å². The van der Waals surface area contributed by atoms with Crippen molar-refractivity contribution >= 4 is 28.9 Å². The number of non-ortho nitro benzene ring substituents is 1. The highest BCUT2D eigenvalue weighted by atomic mass is 35.5. The molecule has 0 fully saturated rings. The highest BCUT2D eigenvalue weighted by molar-refractivity contribution is 6.32. The van der Waals surface area contributed by atoms with Gasteiger partial charge in [-0.1, -0.05) is 23.2 Å². The molecule has 0 aliphatic heterocycles. The molecule has 0 aliphatic rings. The first-order valence-electron chi connectivity index (χ1n) is 5.77. The first-order valence-corrected chi connectivity index (χ1v) is 6.53. The van der Waals surface area contributed by atoms with Crippen LogP contribution in [0.5, 0.6) is 11.5 Å². The molecule has 1 aromatic carbocycles. The Bertz CT molecular complexity index is 679. The number of hydrogen-bond donors (Lipinski definition) is 0. The molecule has 2 rings (SSSR count). The lowest BCUT2D eigenvalue weighted by molar-refractivity contribution is -0.385. The minimum Gasteiger partial charge on any atom is -0.493 e. The zero-order valence-electron chi connectivity index (χ0n) is 10.9. The lowest BCUT2D eigenvalue weighted by Gasteiger charge is -2.11. The molecular weight excluding hydrogens is 319 g/mol. The van der Waals surface area contributed by atoms with Crippen molar-refractivity contribution in [2.75, 3.05) is 7.11 Å². The first-order chi connectivity index (χ1) is 10.0. The summed E-state index contributed by atoms with van der Waals surface area (Å²) in [4.78, 5) is 14.2. The van der Waals surface area contributed by atoms with Gasteiger partial charge < -0.3 is 9.47 Å². The average Bonchev–Trinajstić information content (AvgIpc) is 2.47. The largest absolute Gasteiger partial charge is 0.493 e. The smallest absolute Gasteiger partial charge is 0.273 e. The lowest BCUT2D eigenvalue weighted by atomic mass is 10.3. The summed E-state index contributed by atoms with van der Waals surface area (Å²) in [5, 5.41) is 11.4. The van der Waals surface area contributed by atoms with E-state index < -0.39 is 4.92 Å². The van der Waals surface area contributed by atoms with Gasteiger partial charge >= 0.3 is 0 Å². The quantitative estimate of drug-likeness (QED) is 0.473. The summed E-state index contributed by atoms with van der Waals surface area (Å²) < 4.78 is 10.6. The van der Waals surface area contributed by atoms with Gasteiger partial charge in [0.2, 0.25) is 0 Å². The van der Waals surface area contributed by atoms with E-state index in [-0.39, 0.29) is 18.0 Å². The van der Waals surface area contributed by atoms with E-state index in [1.807, 2.05) is 0 Å². The number of nitro benzene ring substituents is 1. The van der Waals surface area contributed by atoms with Crippen LogP contribution < -0.4 is 9.47 Å². The number of nitrogens with zero attached hydrogens (tertiary/aromatic N) is 2. The van der Waals surface area contributed by atoms with Gasteiger partial charge in [0, 0.05) is 6.07 Å². The van der Waals surface area contributed by atoms with Crippen molar-refractivity contribution in [3.8, 4) is 11.5 Å². The van der Waals surface area contributed by atoms with Gasteiger partial charge in [-0.05, 0) is 18.2 Å². The van der Waals surface area contributed by atoms with E-state index in [9.17, 15) is 10.1 Å². The van der Waals surface area contributed by atoms with Crippen molar-refractivity contribution < 1.29 is 14.4 Å². The van der Waals surface area contributed by atoms with Crippen LogP contribution in [-0.4, -0.2) is 17.0 Å². The molecule has 0 radical (unpaired) electrons.